The first kappa shape index (κ1) is 16.1. The van der Waals surface area contributed by atoms with Gasteiger partial charge in [0.05, 0.1) is 12.7 Å². The number of ether oxygens (including phenoxy) is 1. The Kier molecular flexibility index (Phi) is 5.61. The highest BCUT2D eigenvalue weighted by Gasteiger charge is 2.42. The molecule has 1 N–H and O–H groups in total. The minimum Gasteiger partial charge on any atom is -0.460 e. The summed E-state index contributed by atoms with van der Waals surface area (Å²) in [6.07, 6.45) is 2.91. The first-order valence-electron chi connectivity index (χ1n) is 6.70. The number of nitrogens with zero attached hydrogens (tertiary/aromatic N) is 2. The van der Waals surface area contributed by atoms with E-state index >= 15 is 0 Å². The quantitative estimate of drug-likeness (QED) is 0.440. The van der Waals surface area contributed by atoms with Crippen molar-refractivity contribution >= 4 is 11.9 Å². The summed E-state index contributed by atoms with van der Waals surface area (Å²) in [6.45, 7) is 9.27. The predicted molar refractivity (Wildman–Crippen MR) is 75.0 cm³/mol. The highest BCUT2D eigenvalue weighted by atomic mass is 16.5. The molecule has 0 aromatic rings. The monoisotopic (exact) mass is 279 g/mol. The van der Waals surface area contributed by atoms with Crippen LogP contribution in [0, 0.1) is 0 Å². The van der Waals surface area contributed by atoms with Gasteiger partial charge in [0.2, 0.25) is 0 Å². The van der Waals surface area contributed by atoms with Crippen LogP contribution in [-0.4, -0.2) is 30.6 Å². The predicted octanol–water partition coefficient (Wildman–Crippen LogP) is 2.13. The normalized spacial score (nSPS) is 20.4. The van der Waals surface area contributed by atoms with E-state index in [9.17, 15) is 9.59 Å². The Morgan fingerprint density at radius 3 is 2.70 bits per heavy atom. The van der Waals surface area contributed by atoms with Gasteiger partial charge in [-0.1, -0.05) is 20.4 Å². The van der Waals surface area contributed by atoms with Crippen LogP contribution >= 0.6 is 0 Å². The fraction of sp³-hybridized carbons (Fsp3) is 0.571. The van der Waals surface area contributed by atoms with Crippen LogP contribution < -0.4 is 5.32 Å². The molecule has 0 radical (unpaired) electrons. The van der Waals surface area contributed by atoms with Crippen molar-refractivity contribution in [1.82, 2.24) is 5.32 Å². The van der Waals surface area contributed by atoms with Gasteiger partial charge in [-0.05, 0) is 25.3 Å². The molecule has 1 aliphatic rings. The molecule has 1 heterocycles. The van der Waals surface area contributed by atoms with E-state index in [0.717, 1.165) is 12.0 Å². The zero-order chi connectivity index (χ0) is 15.2. The topological polar surface area (TPSA) is 80.1 Å². The summed E-state index contributed by atoms with van der Waals surface area (Å²) in [5.41, 5.74) is 0.339. The molecule has 0 saturated heterocycles. The van der Waals surface area contributed by atoms with Gasteiger partial charge in [0.1, 0.15) is 6.61 Å². The fourth-order valence-electron chi connectivity index (χ4n) is 1.98. The van der Waals surface area contributed by atoms with E-state index in [-0.39, 0.29) is 19.1 Å². The van der Waals surface area contributed by atoms with Crippen LogP contribution in [-0.2, 0) is 14.3 Å². The molecule has 1 unspecified atom stereocenters. The maximum Gasteiger partial charge on any atom is 0.333 e. The first-order chi connectivity index (χ1) is 9.47. The largest absolute Gasteiger partial charge is 0.460 e. The lowest BCUT2D eigenvalue weighted by atomic mass is 9.86. The van der Waals surface area contributed by atoms with Crippen LogP contribution in [0.3, 0.4) is 0 Å². The Balaban J connectivity index is 2.50. The van der Waals surface area contributed by atoms with Crippen LogP contribution in [0.25, 0.3) is 0 Å². The third-order valence-corrected chi connectivity index (χ3v) is 3.21. The standard InChI is InChI=1S/C14H21N3O3/c1-5-11-9-16-17-14(11,6-2)13(19)15-7-8-20-12(18)10(3)4/h9H,3,5-8H2,1-2,4H3,(H,15,19). The first-order valence-corrected chi connectivity index (χ1v) is 6.70. The average molecular weight is 279 g/mol. The number of esters is 1. The molecule has 1 rings (SSSR count). The van der Waals surface area contributed by atoms with Gasteiger partial charge in [-0.15, -0.1) is 0 Å². The lowest BCUT2D eigenvalue weighted by Crippen LogP contribution is -2.46. The summed E-state index contributed by atoms with van der Waals surface area (Å²) in [5.74, 6) is -0.667. The van der Waals surface area contributed by atoms with Gasteiger partial charge in [-0.25, -0.2) is 4.79 Å². The van der Waals surface area contributed by atoms with E-state index in [1.165, 1.54) is 0 Å². The van der Waals surface area contributed by atoms with E-state index in [1.54, 1.807) is 13.1 Å². The summed E-state index contributed by atoms with van der Waals surface area (Å²) >= 11 is 0. The number of azo groups is 1. The van der Waals surface area contributed by atoms with Crippen molar-refractivity contribution in [3.8, 4) is 0 Å². The van der Waals surface area contributed by atoms with E-state index in [0.29, 0.717) is 12.0 Å². The highest BCUT2D eigenvalue weighted by Crippen LogP contribution is 2.33. The van der Waals surface area contributed by atoms with Crippen molar-refractivity contribution < 1.29 is 14.3 Å². The molecule has 6 heteroatoms. The van der Waals surface area contributed by atoms with Crippen molar-refractivity contribution in [3.63, 3.8) is 0 Å². The second kappa shape index (κ2) is 6.98. The lowest BCUT2D eigenvalue weighted by Gasteiger charge is -2.24. The molecule has 110 valence electrons. The number of hydrogen-bond donors (Lipinski definition) is 1. The minimum absolute atomic E-state index is 0.111. The molecule has 0 bridgehead atoms. The summed E-state index contributed by atoms with van der Waals surface area (Å²) < 4.78 is 4.91. The molecule has 1 amide bonds. The van der Waals surface area contributed by atoms with E-state index in [4.69, 9.17) is 4.74 Å². The maximum absolute atomic E-state index is 12.3. The van der Waals surface area contributed by atoms with E-state index < -0.39 is 11.5 Å². The smallest absolute Gasteiger partial charge is 0.333 e. The molecule has 6 nitrogen and oxygen atoms in total. The zero-order valence-electron chi connectivity index (χ0n) is 12.2. The van der Waals surface area contributed by atoms with Crippen LogP contribution in [0.4, 0.5) is 0 Å². The van der Waals surface area contributed by atoms with Gasteiger partial charge in [0, 0.05) is 5.57 Å². The Bertz CT molecular complexity index is 468. The molecule has 0 aliphatic carbocycles. The van der Waals surface area contributed by atoms with E-state index in [1.807, 2.05) is 13.8 Å². The number of carbonyl (C=O) groups is 2. The highest BCUT2D eigenvalue weighted by molar-refractivity contribution is 5.90. The van der Waals surface area contributed by atoms with Gasteiger partial charge < -0.3 is 10.1 Å². The van der Waals surface area contributed by atoms with Crippen molar-refractivity contribution in [2.45, 2.75) is 39.2 Å². The number of rotatable bonds is 7. The number of carbonyl (C=O) groups excluding carboxylic acids is 2. The van der Waals surface area contributed by atoms with Crippen LogP contribution in [0.5, 0.6) is 0 Å². The molecule has 0 spiro atoms. The Hall–Kier alpha value is -1.98. The van der Waals surface area contributed by atoms with Crippen LogP contribution in [0.2, 0.25) is 0 Å². The third-order valence-electron chi connectivity index (χ3n) is 3.21. The van der Waals surface area contributed by atoms with Gasteiger partial charge in [-0.2, -0.15) is 10.2 Å². The molecule has 0 aromatic carbocycles. The van der Waals surface area contributed by atoms with E-state index in [2.05, 4.69) is 22.1 Å². The Morgan fingerprint density at radius 2 is 2.15 bits per heavy atom. The lowest BCUT2D eigenvalue weighted by molar-refractivity contribution is -0.139. The molecule has 1 atom stereocenters. The molecule has 1 aliphatic heterocycles. The minimum atomic E-state index is -0.896. The molecule has 20 heavy (non-hydrogen) atoms. The number of amides is 1. The van der Waals surface area contributed by atoms with Gasteiger partial charge >= 0.3 is 5.97 Å². The summed E-state index contributed by atoms with van der Waals surface area (Å²) in [4.78, 5) is 23.5. The SMILES string of the molecule is C=C(C)C(=O)OCCNC(=O)C1(CC)N=NC=C1CC. The second-order valence-electron chi connectivity index (χ2n) is 4.61. The fourth-order valence-corrected chi connectivity index (χ4v) is 1.98. The van der Waals surface area contributed by atoms with Gasteiger partial charge in [0.15, 0.2) is 5.54 Å². The molecule has 0 aromatic heterocycles. The molecular weight excluding hydrogens is 258 g/mol. The van der Waals surface area contributed by atoms with Gasteiger partial charge in [-0.3, -0.25) is 4.79 Å². The van der Waals surface area contributed by atoms with Crippen molar-refractivity contribution in [2.24, 2.45) is 10.2 Å². The van der Waals surface area contributed by atoms with Gasteiger partial charge in [0.25, 0.3) is 5.91 Å². The molecular formula is C14H21N3O3. The summed E-state index contributed by atoms with van der Waals surface area (Å²) in [5, 5.41) is 10.7. The van der Waals surface area contributed by atoms with Crippen molar-refractivity contribution in [3.05, 3.63) is 23.9 Å². The Morgan fingerprint density at radius 1 is 1.45 bits per heavy atom. The average Bonchev–Trinajstić information content (AvgIpc) is 2.86. The maximum atomic E-state index is 12.3. The third kappa shape index (κ3) is 3.31. The van der Waals surface area contributed by atoms with Crippen LogP contribution in [0.15, 0.2) is 34.2 Å². The van der Waals surface area contributed by atoms with Crippen molar-refractivity contribution in [1.29, 1.82) is 0 Å². The van der Waals surface area contributed by atoms with Crippen LogP contribution in [0.1, 0.15) is 33.6 Å². The second-order valence-corrected chi connectivity index (χ2v) is 4.61. The van der Waals surface area contributed by atoms with Crippen molar-refractivity contribution in [2.75, 3.05) is 13.2 Å². The summed E-state index contributed by atoms with van der Waals surface area (Å²) in [6, 6.07) is 0. The number of nitrogens with one attached hydrogen (secondary N) is 1. The summed E-state index contributed by atoms with van der Waals surface area (Å²) in [7, 11) is 0. The zero-order valence-corrected chi connectivity index (χ0v) is 12.2. The molecule has 0 saturated carbocycles. The molecule has 0 fully saturated rings. The number of hydrogen-bond acceptors (Lipinski definition) is 5. The Labute approximate surface area is 119 Å².